The molecule has 1 unspecified atom stereocenters. The van der Waals surface area contributed by atoms with Crippen molar-refractivity contribution in [2.75, 3.05) is 45.9 Å². The van der Waals surface area contributed by atoms with Crippen molar-refractivity contribution in [1.29, 1.82) is 5.26 Å². The number of aliphatic hydroxyl groups is 2. The number of likely N-dealkylation sites (tertiary alicyclic amines) is 2. The van der Waals surface area contributed by atoms with E-state index in [1.54, 1.807) is 0 Å². The van der Waals surface area contributed by atoms with Gasteiger partial charge in [0.15, 0.2) is 11.5 Å². The van der Waals surface area contributed by atoms with Crippen LogP contribution in [0.15, 0.2) is 46.9 Å². The average molecular weight is 505 g/mol. The lowest BCUT2D eigenvalue weighted by atomic mass is 9.99. The maximum absolute atomic E-state index is 9.29. The quantitative estimate of drug-likeness (QED) is 0.462. The van der Waals surface area contributed by atoms with Gasteiger partial charge in [-0.2, -0.15) is 5.26 Å². The van der Waals surface area contributed by atoms with Crippen LogP contribution in [0.2, 0.25) is 0 Å². The number of hydrogen-bond acceptors (Lipinski definition) is 7. The lowest BCUT2D eigenvalue weighted by molar-refractivity contribution is 0.119. The standard InChI is InChI=1S/C23H25N3O2.C7H15NO/c24-16-17-4-6-18(7-5-17)19-8-9-22-21(15-19)25-23(28-22)10-13-26-12-2-1-3-20(26)11-14-27;9-7-6-8-4-2-1-3-5-8/h4-9,15,20,27H,1-3,10-14H2;9H,1-7H2. The summed E-state index contributed by atoms with van der Waals surface area (Å²) in [5, 5.41) is 26.8. The third-order valence-electron chi connectivity index (χ3n) is 7.47. The van der Waals surface area contributed by atoms with E-state index in [9.17, 15) is 5.11 Å². The Balaban J connectivity index is 0.000000301. The minimum Gasteiger partial charge on any atom is -0.441 e. The molecule has 2 aliphatic rings. The van der Waals surface area contributed by atoms with Crippen molar-refractivity contribution in [2.45, 2.75) is 57.4 Å². The molecule has 198 valence electrons. The first-order valence-corrected chi connectivity index (χ1v) is 13.8. The van der Waals surface area contributed by atoms with Crippen LogP contribution in [0.3, 0.4) is 0 Å². The molecule has 3 heterocycles. The van der Waals surface area contributed by atoms with E-state index in [0.717, 1.165) is 60.6 Å². The zero-order valence-electron chi connectivity index (χ0n) is 21.8. The molecule has 37 heavy (non-hydrogen) atoms. The van der Waals surface area contributed by atoms with Crippen molar-refractivity contribution in [3.8, 4) is 17.2 Å². The minimum absolute atomic E-state index is 0.252. The molecule has 0 saturated carbocycles. The molecule has 2 N–H and O–H groups in total. The Bertz CT molecular complexity index is 1130. The van der Waals surface area contributed by atoms with Crippen LogP contribution in [0, 0.1) is 11.3 Å². The highest BCUT2D eigenvalue weighted by Crippen LogP contribution is 2.26. The number of nitrogens with zero attached hydrogens (tertiary/aromatic N) is 4. The zero-order valence-corrected chi connectivity index (χ0v) is 21.8. The number of aliphatic hydroxyl groups excluding tert-OH is 2. The minimum atomic E-state index is 0.252. The average Bonchev–Trinajstić information content (AvgIpc) is 3.36. The number of nitriles is 1. The van der Waals surface area contributed by atoms with Gasteiger partial charge in [-0.1, -0.05) is 31.0 Å². The third kappa shape index (κ3) is 7.86. The van der Waals surface area contributed by atoms with Gasteiger partial charge in [-0.25, -0.2) is 4.98 Å². The summed E-state index contributed by atoms with van der Waals surface area (Å²) in [6.07, 6.45) is 9.29. The molecular formula is C30H40N4O3. The number of rotatable bonds is 8. The van der Waals surface area contributed by atoms with Gasteiger partial charge in [0.25, 0.3) is 0 Å². The smallest absolute Gasteiger partial charge is 0.196 e. The van der Waals surface area contributed by atoms with Crippen LogP contribution in [-0.4, -0.2) is 77.0 Å². The normalized spacial score (nSPS) is 18.8. The molecule has 0 spiro atoms. The SMILES string of the molecule is N#Cc1ccc(-c2ccc3oc(CCN4CCCCC4CCO)nc3c2)cc1.OCCN1CCCCC1. The predicted molar refractivity (Wildman–Crippen MR) is 146 cm³/mol. The Kier molecular flexibility index (Phi) is 10.5. The largest absolute Gasteiger partial charge is 0.441 e. The molecule has 0 bridgehead atoms. The summed E-state index contributed by atoms with van der Waals surface area (Å²) in [4.78, 5) is 9.48. The van der Waals surface area contributed by atoms with Crippen molar-refractivity contribution >= 4 is 11.1 Å². The van der Waals surface area contributed by atoms with Gasteiger partial charge >= 0.3 is 0 Å². The highest BCUT2D eigenvalue weighted by molar-refractivity contribution is 5.80. The van der Waals surface area contributed by atoms with Crippen molar-refractivity contribution in [3.63, 3.8) is 0 Å². The summed E-state index contributed by atoms with van der Waals surface area (Å²) in [7, 11) is 0. The van der Waals surface area contributed by atoms with Crippen LogP contribution in [0.1, 0.15) is 56.4 Å². The molecule has 2 saturated heterocycles. The predicted octanol–water partition coefficient (Wildman–Crippen LogP) is 4.61. The second kappa shape index (κ2) is 14.3. The van der Waals surface area contributed by atoms with Crippen LogP contribution in [0.25, 0.3) is 22.2 Å². The fourth-order valence-electron chi connectivity index (χ4n) is 5.39. The second-order valence-corrected chi connectivity index (χ2v) is 10.1. The van der Waals surface area contributed by atoms with E-state index < -0.39 is 0 Å². The second-order valence-electron chi connectivity index (χ2n) is 10.1. The van der Waals surface area contributed by atoms with Crippen LogP contribution in [-0.2, 0) is 6.42 Å². The van der Waals surface area contributed by atoms with Crippen LogP contribution >= 0.6 is 0 Å². The van der Waals surface area contributed by atoms with Gasteiger partial charge < -0.3 is 19.5 Å². The number of oxazole rings is 1. The van der Waals surface area contributed by atoms with Gasteiger partial charge in [-0.15, -0.1) is 0 Å². The van der Waals surface area contributed by atoms with E-state index in [2.05, 4.69) is 15.9 Å². The molecule has 0 radical (unpaired) electrons. The van der Waals surface area contributed by atoms with Gasteiger partial charge in [0.1, 0.15) is 5.52 Å². The van der Waals surface area contributed by atoms with E-state index in [1.807, 2.05) is 42.5 Å². The molecule has 0 amide bonds. The third-order valence-corrected chi connectivity index (χ3v) is 7.47. The fourth-order valence-corrected chi connectivity index (χ4v) is 5.39. The fraction of sp³-hybridized carbons (Fsp3) is 0.533. The summed E-state index contributed by atoms with van der Waals surface area (Å²) in [5.41, 5.74) is 4.45. The number of β-amino-alcohol motifs (C(OH)–C–C–N with tert-alkyl or cyclic N) is 1. The molecule has 1 aromatic heterocycles. The van der Waals surface area contributed by atoms with Gasteiger partial charge in [0, 0.05) is 32.2 Å². The molecule has 1 atom stereocenters. The maximum Gasteiger partial charge on any atom is 0.196 e. The molecule has 7 nitrogen and oxygen atoms in total. The van der Waals surface area contributed by atoms with Crippen LogP contribution < -0.4 is 0 Å². The van der Waals surface area contributed by atoms with Crippen LogP contribution in [0.4, 0.5) is 0 Å². The molecule has 2 fully saturated rings. The summed E-state index contributed by atoms with van der Waals surface area (Å²) >= 11 is 0. The Morgan fingerprint density at radius 2 is 1.65 bits per heavy atom. The summed E-state index contributed by atoms with van der Waals surface area (Å²) in [6.45, 7) is 5.84. The van der Waals surface area contributed by atoms with Gasteiger partial charge in [0.05, 0.1) is 18.2 Å². The number of benzene rings is 2. The van der Waals surface area contributed by atoms with Crippen molar-refractivity contribution in [1.82, 2.24) is 14.8 Å². The van der Waals surface area contributed by atoms with Crippen molar-refractivity contribution in [3.05, 3.63) is 53.9 Å². The number of piperidine rings is 2. The Hall–Kier alpha value is -2.76. The van der Waals surface area contributed by atoms with Crippen molar-refractivity contribution < 1.29 is 14.6 Å². The molecule has 2 aliphatic heterocycles. The first-order valence-electron chi connectivity index (χ1n) is 13.8. The Morgan fingerprint density at radius 1 is 0.892 bits per heavy atom. The first-order chi connectivity index (χ1) is 18.2. The molecular weight excluding hydrogens is 464 g/mol. The molecule has 5 rings (SSSR count). The van der Waals surface area contributed by atoms with E-state index in [4.69, 9.17) is 19.8 Å². The molecule has 0 aliphatic carbocycles. The lowest BCUT2D eigenvalue weighted by Gasteiger charge is -2.35. The van der Waals surface area contributed by atoms with E-state index >= 15 is 0 Å². The number of fused-ring (bicyclic) bond motifs is 1. The first kappa shape index (κ1) is 27.3. The van der Waals surface area contributed by atoms with E-state index in [-0.39, 0.29) is 6.61 Å². The number of aromatic nitrogens is 1. The maximum atomic E-state index is 9.29. The summed E-state index contributed by atoms with van der Waals surface area (Å²) in [6, 6.07) is 16.2. The molecule has 7 heteroatoms. The van der Waals surface area contributed by atoms with Gasteiger partial charge in [0.2, 0.25) is 0 Å². The molecule has 3 aromatic rings. The van der Waals surface area contributed by atoms with E-state index in [1.165, 1.54) is 51.6 Å². The topological polar surface area (TPSA) is 96.8 Å². The highest BCUT2D eigenvalue weighted by Gasteiger charge is 2.22. The van der Waals surface area contributed by atoms with Crippen molar-refractivity contribution in [2.24, 2.45) is 0 Å². The summed E-state index contributed by atoms with van der Waals surface area (Å²) in [5.74, 6) is 0.764. The summed E-state index contributed by atoms with van der Waals surface area (Å²) < 4.78 is 5.95. The van der Waals surface area contributed by atoms with E-state index in [0.29, 0.717) is 18.2 Å². The molecule has 2 aromatic carbocycles. The zero-order chi connectivity index (χ0) is 25.9. The van der Waals surface area contributed by atoms with Crippen LogP contribution in [0.5, 0.6) is 0 Å². The van der Waals surface area contributed by atoms with Gasteiger partial charge in [-0.05, 0) is 87.1 Å². The Morgan fingerprint density at radius 3 is 2.38 bits per heavy atom. The highest BCUT2D eigenvalue weighted by atomic mass is 16.3. The van der Waals surface area contributed by atoms with Gasteiger partial charge in [-0.3, -0.25) is 4.90 Å². The Labute approximate surface area is 220 Å². The lowest BCUT2D eigenvalue weighted by Crippen LogP contribution is -2.41. The number of hydrogen-bond donors (Lipinski definition) is 2. The monoisotopic (exact) mass is 504 g/mol.